The van der Waals surface area contributed by atoms with E-state index in [4.69, 9.17) is 0 Å². The molecule has 8 heteroatoms. The second kappa shape index (κ2) is 8.86. The van der Waals surface area contributed by atoms with Gasteiger partial charge in [-0.25, -0.2) is 0 Å². The first-order valence-corrected chi connectivity index (χ1v) is 8.89. The summed E-state index contributed by atoms with van der Waals surface area (Å²) in [6, 6.07) is 3.74. The number of halogens is 3. The number of rotatable bonds is 8. The molecule has 2 rings (SSSR count). The van der Waals surface area contributed by atoms with Gasteiger partial charge in [0.05, 0.1) is 23.6 Å². The van der Waals surface area contributed by atoms with Crippen LogP contribution >= 0.6 is 0 Å². The number of likely N-dealkylation sites (N-methyl/N-ethyl adjacent to an activating group) is 2. The normalized spacial score (nSPS) is 13.6. The van der Waals surface area contributed by atoms with Gasteiger partial charge >= 0.3 is 6.18 Å². The van der Waals surface area contributed by atoms with Crippen molar-refractivity contribution in [2.75, 3.05) is 27.2 Å². The lowest BCUT2D eigenvalue weighted by Crippen LogP contribution is -2.27. The average Bonchev–Trinajstić information content (AvgIpc) is 3.06. The summed E-state index contributed by atoms with van der Waals surface area (Å²) in [6.45, 7) is 5.65. The minimum Gasteiger partial charge on any atom is -0.388 e. The second-order valence-corrected chi connectivity index (χ2v) is 7.13. The third kappa shape index (κ3) is 5.54. The minimum atomic E-state index is -4.49. The Hall–Kier alpha value is -1.90. The summed E-state index contributed by atoms with van der Waals surface area (Å²) in [6.07, 6.45) is -3.93. The van der Waals surface area contributed by atoms with E-state index in [-0.39, 0.29) is 11.5 Å². The van der Waals surface area contributed by atoms with Gasteiger partial charge in [0, 0.05) is 25.2 Å². The predicted octanol–water partition coefficient (Wildman–Crippen LogP) is 3.44. The van der Waals surface area contributed by atoms with Crippen LogP contribution in [0.5, 0.6) is 0 Å². The molecule has 0 aliphatic carbocycles. The van der Waals surface area contributed by atoms with Crippen molar-refractivity contribution in [3.05, 3.63) is 41.2 Å². The number of alkyl halides is 3. The van der Waals surface area contributed by atoms with Gasteiger partial charge in [0.15, 0.2) is 0 Å². The average molecular weight is 384 g/mol. The summed E-state index contributed by atoms with van der Waals surface area (Å²) < 4.78 is 40.2. The van der Waals surface area contributed by atoms with Crippen molar-refractivity contribution in [1.82, 2.24) is 20.4 Å². The largest absolute Gasteiger partial charge is 0.416 e. The van der Waals surface area contributed by atoms with Crippen LogP contribution in [-0.2, 0) is 12.7 Å². The van der Waals surface area contributed by atoms with Crippen LogP contribution in [0.2, 0.25) is 0 Å². The van der Waals surface area contributed by atoms with Crippen LogP contribution in [0.25, 0.3) is 11.1 Å². The summed E-state index contributed by atoms with van der Waals surface area (Å²) >= 11 is 0. The fourth-order valence-electron chi connectivity index (χ4n) is 2.86. The third-order valence-corrected chi connectivity index (χ3v) is 4.46. The Morgan fingerprint density at radius 2 is 1.96 bits per heavy atom. The molecule has 27 heavy (non-hydrogen) atoms. The third-order valence-electron chi connectivity index (χ3n) is 4.46. The van der Waals surface area contributed by atoms with Crippen molar-refractivity contribution < 1.29 is 18.3 Å². The second-order valence-electron chi connectivity index (χ2n) is 7.13. The van der Waals surface area contributed by atoms with Crippen LogP contribution in [0.3, 0.4) is 0 Å². The lowest BCUT2D eigenvalue weighted by atomic mass is 9.93. The number of aromatic nitrogens is 2. The number of aliphatic hydroxyl groups excluding tert-OH is 1. The number of hydrogen-bond donors (Lipinski definition) is 3. The van der Waals surface area contributed by atoms with Crippen molar-refractivity contribution in [3.63, 3.8) is 0 Å². The number of nitrogens with one attached hydrogen (secondary N) is 2. The zero-order valence-corrected chi connectivity index (χ0v) is 16.1. The quantitative estimate of drug-likeness (QED) is 0.652. The molecule has 1 aromatic heterocycles. The summed E-state index contributed by atoms with van der Waals surface area (Å²) in [5, 5.41) is 20.3. The van der Waals surface area contributed by atoms with Crippen molar-refractivity contribution >= 4 is 0 Å². The first kappa shape index (κ1) is 21.4. The van der Waals surface area contributed by atoms with Gasteiger partial charge in [-0.05, 0) is 49.3 Å². The Bertz CT molecular complexity index is 743. The first-order chi connectivity index (χ1) is 12.6. The number of H-pyrrole nitrogens is 1. The number of benzene rings is 1. The lowest BCUT2D eigenvalue weighted by Gasteiger charge is -2.19. The van der Waals surface area contributed by atoms with E-state index < -0.39 is 17.8 Å². The molecule has 3 N–H and O–H groups in total. The molecule has 150 valence electrons. The highest BCUT2D eigenvalue weighted by Crippen LogP contribution is 2.36. The molecule has 5 nitrogen and oxygen atoms in total. The van der Waals surface area contributed by atoms with Gasteiger partial charge in [-0.1, -0.05) is 13.8 Å². The molecule has 0 radical (unpaired) electrons. The van der Waals surface area contributed by atoms with Crippen LogP contribution in [0, 0.1) is 5.92 Å². The molecule has 2 aromatic rings. The Morgan fingerprint density at radius 3 is 2.56 bits per heavy atom. The van der Waals surface area contributed by atoms with E-state index >= 15 is 0 Å². The molecule has 1 heterocycles. The Kier molecular flexibility index (Phi) is 7.02. The fourth-order valence-corrected chi connectivity index (χ4v) is 2.86. The van der Waals surface area contributed by atoms with Crippen LogP contribution < -0.4 is 5.32 Å². The monoisotopic (exact) mass is 384 g/mol. The molecule has 0 spiro atoms. The molecule has 1 aromatic carbocycles. The van der Waals surface area contributed by atoms with E-state index in [0.717, 1.165) is 30.9 Å². The molecule has 0 amide bonds. The molecule has 0 saturated carbocycles. The van der Waals surface area contributed by atoms with Crippen LogP contribution in [0.4, 0.5) is 13.2 Å². The standard InChI is InChI=1S/C19H27F3N4O/c1-12(2)18(27)14-7-13(8-15(9-14)19(20,21)22)16-10-24-25-17(16)11-26(4)6-5-23-3/h7-10,12,18,23,27H,5-6,11H2,1-4H3,(H,24,25). The molecule has 1 atom stereocenters. The van der Waals surface area contributed by atoms with Crippen LogP contribution in [0.15, 0.2) is 24.4 Å². The number of hydrogen-bond acceptors (Lipinski definition) is 4. The minimum absolute atomic E-state index is 0.196. The van der Waals surface area contributed by atoms with Gasteiger partial charge < -0.3 is 10.4 Å². The van der Waals surface area contributed by atoms with Gasteiger partial charge in [-0.2, -0.15) is 18.3 Å². The number of aliphatic hydroxyl groups is 1. The summed E-state index contributed by atoms with van der Waals surface area (Å²) in [4.78, 5) is 2.05. The van der Waals surface area contributed by atoms with Gasteiger partial charge in [0.25, 0.3) is 0 Å². The van der Waals surface area contributed by atoms with E-state index in [0.29, 0.717) is 17.7 Å². The maximum Gasteiger partial charge on any atom is 0.416 e. The van der Waals surface area contributed by atoms with E-state index in [2.05, 4.69) is 15.5 Å². The molecule has 1 unspecified atom stereocenters. The van der Waals surface area contributed by atoms with Crippen LogP contribution in [0.1, 0.15) is 36.8 Å². The van der Waals surface area contributed by atoms with E-state index in [9.17, 15) is 18.3 Å². The lowest BCUT2D eigenvalue weighted by molar-refractivity contribution is -0.137. The highest BCUT2D eigenvalue weighted by Gasteiger charge is 2.32. The Balaban J connectivity index is 2.43. The zero-order valence-electron chi connectivity index (χ0n) is 16.1. The van der Waals surface area contributed by atoms with Crippen molar-refractivity contribution in [2.45, 2.75) is 32.7 Å². The highest BCUT2D eigenvalue weighted by molar-refractivity contribution is 5.67. The summed E-state index contributed by atoms with van der Waals surface area (Å²) in [5.41, 5.74) is 1.22. The smallest absolute Gasteiger partial charge is 0.388 e. The topological polar surface area (TPSA) is 64.2 Å². The molecule has 0 aliphatic heterocycles. The predicted molar refractivity (Wildman–Crippen MR) is 99.1 cm³/mol. The van der Waals surface area contributed by atoms with Crippen molar-refractivity contribution in [2.24, 2.45) is 5.92 Å². The SMILES string of the molecule is CNCCN(C)Cc1[nH]ncc1-c1cc(C(O)C(C)C)cc(C(F)(F)F)c1. The van der Waals surface area contributed by atoms with E-state index in [1.165, 1.54) is 6.20 Å². The number of nitrogens with zero attached hydrogens (tertiary/aromatic N) is 2. The summed E-state index contributed by atoms with van der Waals surface area (Å²) in [7, 11) is 3.79. The molecular formula is C19H27F3N4O. The van der Waals surface area contributed by atoms with E-state index in [1.807, 2.05) is 19.0 Å². The number of aromatic amines is 1. The van der Waals surface area contributed by atoms with E-state index in [1.54, 1.807) is 19.9 Å². The molecular weight excluding hydrogens is 357 g/mol. The Morgan fingerprint density at radius 1 is 1.26 bits per heavy atom. The molecule has 0 bridgehead atoms. The Labute approximate surface area is 157 Å². The van der Waals surface area contributed by atoms with Gasteiger partial charge in [-0.15, -0.1) is 0 Å². The maximum absolute atomic E-state index is 13.4. The van der Waals surface area contributed by atoms with Gasteiger partial charge in [0.1, 0.15) is 0 Å². The highest BCUT2D eigenvalue weighted by atomic mass is 19.4. The van der Waals surface area contributed by atoms with Gasteiger partial charge in [0.2, 0.25) is 0 Å². The first-order valence-electron chi connectivity index (χ1n) is 8.89. The van der Waals surface area contributed by atoms with Crippen molar-refractivity contribution in [3.8, 4) is 11.1 Å². The van der Waals surface area contributed by atoms with Gasteiger partial charge in [-0.3, -0.25) is 10.00 Å². The molecule has 0 aliphatic rings. The molecule has 0 fully saturated rings. The van der Waals surface area contributed by atoms with Crippen molar-refractivity contribution in [1.29, 1.82) is 0 Å². The fraction of sp³-hybridized carbons (Fsp3) is 0.526. The zero-order chi connectivity index (χ0) is 20.2. The molecule has 0 saturated heterocycles. The maximum atomic E-state index is 13.4. The van der Waals surface area contributed by atoms with Crippen LogP contribution in [-0.4, -0.2) is 47.4 Å². The summed E-state index contributed by atoms with van der Waals surface area (Å²) in [5.74, 6) is -0.196.